The molecule has 0 aromatic carbocycles. The molecular formula is C10H13BrN4O4S2. The van der Waals surface area contributed by atoms with Crippen LogP contribution in [0.1, 0.15) is 27.9 Å². The predicted molar refractivity (Wildman–Crippen MR) is 86.3 cm³/mol. The first-order valence-electron chi connectivity index (χ1n) is 5.26. The van der Waals surface area contributed by atoms with Gasteiger partial charge < -0.3 is 21.3 Å². The fraction of sp³-hybridized carbons (Fsp3) is 0.200. The molecule has 11 heteroatoms. The number of anilines is 2. The summed E-state index contributed by atoms with van der Waals surface area (Å²) in [5.41, 5.74) is 10.8. The Morgan fingerprint density at radius 1 is 1.19 bits per heavy atom. The van der Waals surface area contributed by atoms with Gasteiger partial charge in [0.2, 0.25) is 0 Å². The number of aromatic nitrogens is 2. The summed E-state index contributed by atoms with van der Waals surface area (Å²) in [6.07, 6.45) is 0. The largest absolute Gasteiger partial charge is 0.476 e. The average molecular weight is 397 g/mol. The third-order valence-electron chi connectivity index (χ3n) is 1.75. The van der Waals surface area contributed by atoms with E-state index in [0.717, 1.165) is 11.3 Å². The molecule has 2 heterocycles. The van der Waals surface area contributed by atoms with Crippen LogP contribution in [-0.2, 0) is 4.74 Å². The van der Waals surface area contributed by atoms with Crippen LogP contribution in [0.2, 0.25) is 0 Å². The van der Waals surface area contributed by atoms with E-state index in [1.165, 1.54) is 16.7 Å². The van der Waals surface area contributed by atoms with E-state index in [-0.39, 0.29) is 33.5 Å². The van der Waals surface area contributed by atoms with Gasteiger partial charge in [-0.2, -0.15) is 0 Å². The van der Waals surface area contributed by atoms with Crippen LogP contribution in [0.4, 0.5) is 10.3 Å². The third kappa shape index (κ3) is 6.51. The minimum atomic E-state index is -1.04. The lowest BCUT2D eigenvalue weighted by molar-refractivity contribution is 0.0520. The average Bonchev–Trinajstić information content (AvgIpc) is 2.99. The molecule has 0 unspecified atom stereocenters. The second kappa shape index (κ2) is 9.26. The number of nitrogens with zero attached hydrogens (tertiary/aromatic N) is 2. The molecular weight excluding hydrogens is 384 g/mol. The van der Waals surface area contributed by atoms with Crippen LogP contribution in [0.15, 0.2) is 10.8 Å². The van der Waals surface area contributed by atoms with Gasteiger partial charge in [0.1, 0.15) is 0 Å². The van der Waals surface area contributed by atoms with Gasteiger partial charge in [0.25, 0.3) is 0 Å². The number of nitrogen functional groups attached to an aromatic ring is 2. The van der Waals surface area contributed by atoms with E-state index in [1.807, 2.05) is 0 Å². The number of nitrogens with two attached hydrogens (primary N) is 2. The molecule has 5 N–H and O–H groups in total. The lowest BCUT2D eigenvalue weighted by Gasteiger charge is -1.95. The summed E-state index contributed by atoms with van der Waals surface area (Å²) in [6.45, 7) is 2.10. The van der Waals surface area contributed by atoms with Crippen molar-refractivity contribution in [2.24, 2.45) is 0 Å². The zero-order valence-corrected chi connectivity index (χ0v) is 14.2. The number of rotatable bonds is 3. The van der Waals surface area contributed by atoms with Gasteiger partial charge in [0.15, 0.2) is 21.7 Å². The van der Waals surface area contributed by atoms with Crippen molar-refractivity contribution in [3.63, 3.8) is 0 Å². The molecule has 0 spiro atoms. The van der Waals surface area contributed by atoms with Gasteiger partial charge in [-0.1, -0.05) is 0 Å². The number of carbonyl (C=O) groups excluding carboxylic acids is 1. The van der Waals surface area contributed by atoms with Crippen molar-refractivity contribution in [2.75, 3.05) is 18.1 Å². The van der Waals surface area contributed by atoms with Gasteiger partial charge in [-0.15, -0.1) is 39.7 Å². The number of carboxylic acids is 1. The van der Waals surface area contributed by atoms with Crippen molar-refractivity contribution in [3.8, 4) is 0 Å². The Balaban J connectivity index is 0.000000370. The first-order valence-corrected chi connectivity index (χ1v) is 7.02. The monoisotopic (exact) mass is 396 g/mol. The van der Waals surface area contributed by atoms with Gasteiger partial charge in [0, 0.05) is 10.8 Å². The number of thiazole rings is 2. The Labute approximate surface area is 138 Å². The standard InChI is InChI=1S/C6H8N2O2S.C4H4N2O2S.BrH/c1-2-10-5(9)4-3-11-6(7)8-4;5-4-6-2(1-9-4)3(7)8;/h3H,2H2,1H3,(H2,7,8);1H,(H2,5,6)(H,7,8);1H. The molecule has 0 radical (unpaired) electrons. The topological polar surface area (TPSA) is 141 Å². The predicted octanol–water partition coefficient (Wildman–Crippen LogP) is 1.90. The summed E-state index contributed by atoms with van der Waals surface area (Å²) in [5.74, 6) is -1.46. The number of carboxylic acid groups (broad SMARTS) is 1. The van der Waals surface area contributed by atoms with Crippen molar-refractivity contribution in [1.29, 1.82) is 0 Å². The van der Waals surface area contributed by atoms with Crippen LogP contribution in [0.5, 0.6) is 0 Å². The lowest BCUT2D eigenvalue weighted by Crippen LogP contribution is -2.04. The minimum absolute atomic E-state index is 0. The van der Waals surface area contributed by atoms with Gasteiger partial charge >= 0.3 is 11.9 Å². The smallest absolute Gasteiger partial charge is 0.357 e. The summed E-state index contributed by atoms with van der Waals surface area (Å²) in [4.78, 5) is 28.3. The van der Waals surface area contributed by atoms with Crippen molar-refractivity contribution in [1.82, 2.24) is 9.97 Å². The van der Waals surface area contributed by atoms with Crippen LogP contribution in [0.25, 0.3) is 0 Å². The molecule has 2 aromatic rings. The molecule has 0 aliphatic heterocycles. The Morgan fingerprint density at radius 3 is 1.95 bits per heavy atom. The van der Waals surface area contributed by atoms with Crippen LogP contribution >= 0.6 is 39.7 Å². The van der Waals surface area contributed by atoms with E-state index >= 15 is 0 Å². The Morgan fingerprint density at radius 2 is 1.67 bits per heavy atom. The van der Waals surface area contributed by atoms with Crippen LogP contribution in [-0.4, -0.2) is 33.6 Å². The van der Waals surface area contributed by atoms with Crippen molar-refractivity contribution >= 4 is 61.9 Å². The van der Waals surface area contributed by atoms with Gasteiger partial charge in [0.05, 0.1) is 6.61 Å². The molecule has 21 heavy (non-hydrogen) atoms. The maximum Gasteiger partial charge on any atom is 0.357 e. The fourth-order valence-electron chi connectivity index (χ4n) is 0.972. The highest BCUT2D eigenvalue weighted by Crippen LogP contribution is 2.11. The van der Waals surface area contributed by atoms with Crippen molar-refractivity contribution < 1.29 is 19.4 Å². The Bertz CT molecular complexity index is 601. The van der Waals surface area contributed by atoms with Gasteiger partial charge in [-0.05, 0) is 6.92 Å². The summed E-state index contributed by atoms with van der Waals surface area (Å²) in [7, 11) is 0. The van der Waals surface area contributed by atoms with Crippen LogP contribution in [0, 0.1) is 0 Å². The van der Waals surface area contributed by atoms with Crippen molar-refractivity contribution in [2.45, 2.75) is 6.92 Å². The third-order valence-corrected chi connectivity index (χ3v) is 3.10. The molecule has 0 aliphatic rings. The molecule has 116 valence electrons. The molecule has 0 atom stereocenters. The zero-order valence-electron chi connectivity index (χ0n) is 10.8. The first-order chi connectivity index (χ1) is 9.43. The van der Waals surface area contributed by atoms with E-state index in [4.69, 9.17) is 21.3 Å². The van der Waals surface area contributed by atoms with Crippen LogP contribution < -0.4 is 11.5 Å². The quantitative estimate of drug-likeness (QED) is 0.667. The number of ether oxygens (including phenoxy) is 1. The maximum atomic E-state index is 10.9. The molecule has 0 amide bonds. The number of halogens is 1. The number of carbonyl (C=O) groups is 2. The zero-order chi connectivity index (χ0) is 15.1. The van der Waals surface area contributed by atoms with Gasteiger partial charge in [-0.25, -0.2) is 19.6 Å². The molecule has 0 bridgehead atoms. The lowest BCUT2D eigenvalue weighted by atomic mass is 10.5. The van der Waals surface area contributed by atoms with E-state index in [0.29, 0.717) is 11.7 Å². The molecule has 0 fully saturated rings. The number of hydrogen-bond donors (Lipinski definition) is 3. The highest BCUT2D eigenvalue weighted by molar-refractivity contribution is 8.93. The van der Waals surface area contributed by atoms with E-state index < -0.39 is 11.9 Å². The highest BCUT2D eigenvalue weighted by atomic mass is 79.9. The summed E-state index contributed by atoms with van der Waals surface area (Å²) >= 11 is 2.34. The Hall–Kier alpha value is -1.72. The minimum Gasteiger partial charge on any atom is -0.476 e. The van der Waals surface area contributed by atoms with Gasteiger partial charge in [-0.3, -0.25) is 0 Å². The Kier molecular flexibility index (Phi) is 8.50. The van der Waals surface area contributed by atoms with E-state index in [9.17, 15) is 9.59 Å². The number of hydrogen-bond acceptors (Lipinski definition) is 9. The maximum absolute atomic E-state index is 10.9. The van der Waals surface area contributed by atoms with Crippen molar-refractivity contribution in [3.05, 3.63) is 22.1 Å². The molecule has 2 aromatic heterocycles. The highest BCUT2D eigenvalue weighted by Gasteiger charge is 2.09. The van der Waals surface area contributed by atoms with Crippen LogP contribution in [0.3, 0.4) is 0 Å². The molecule has 0 saturated heterocycles. The molecule has 0 saturated carbocycles. The normalized spacial score (nSPS) is 9.00. The summed E-state index contributed by atoms with van der Waals surface area (Å²) < 4.78 is 4.69. The second-order valence-electron chi connectivity index (χ2n) is 3.17. The molecule has 0 aliphatic carbocycles. The van der Waals surface area contributed by atoms with E-state index in [1.54, 1.807) is 12.3 Å². The fourth-order valence-corrected chi connectivity index (χ4v) is 2.04. The SMILES string of the molecule is Br.CCOC(=O)c1csc(N)n1.Nc1nc(C(=O)O)cs1. The number of esters is 1. The molecule has 8 nitrogen and oxygen atoms in total. The second-order valence-corrected chi connectivity index (χ2v) is 4.95. The summed E-state index contributed by atoms with van der Waals surface area (Å²) in [5, 5.41) is 11.9. The van der Waals surface area contributed by atoms with E-state index in [2.05, 4.69) is 9.97 Å². The first kappa shape index (κ1) is 19.3. The molecule has 2 rings (SSSR count). The number of aromatic carboxylic acids is 1. The summed E-state index contributed by atoms with van der Waals surface area (Å²) in [6, 6.07) is 0.